The summed E-state index contributed by atoms with van der Waals surface area (Å²) in [5, 5.41) is 8.26. The molecule has 136 valence electrons. The quantitative estimate of drug-likeness (QED) is 0.641. The number of hydrogen-bond donors (Lipinski definition) is 3. The predicted octanol–water partition coefficient (Wildman–Crippen LogP) is 1.65. The number of alkyl halides is 2. The van der Waals surface area contributed by atoms with Crippen LogP contribution in [0.1, 0.15) is 6.42 Å². The Bertz CT molecular complexity index is 539. The summed E-state index contributed by atoms with van der Waals surface area (Å²) >= 11 is 0. The van der Waals surface area contributed by atoms with Crippen LogP contribution in [0.3, 0.4) is 0 Å². The lowest BCUT2D eigenvalue weighted by molar-refractivity contribution is -0.123. The molecule has 1 saturated heterocycles. The average molecular weight is 366 g/mol. The van der Waals surface area contributed by atoms with E-state index in [0.717, 1.165) is 5.69 Å². The van der Waals surface area contributed by atoms with Gasteiger partial charge < -0.3 is 20.1 Å². The van der Waals surface area contributed by atoms with Gasteiger partial charge >= 0.3 is 0 Å². The van der Waals surface area contributed by atoms with Gasteiger partial charge in [-0.3, -0.25) is 10.1 Å². The highest BCUT2D eigenvalue weighted by Crippen LogP contribution is 2.26. The predicted molar refractivity (Wildman–Crippen MR) is 89.6 cm³/mol. The lowest BCUT2D eigenvalue weighted by Gasteiger charge is -2.13. The molecular weight excluding hydrogens is 344 g/mol. The van der Waals surface area contributed by atoms with Gasteiger partial charge in [0, 0.05) is 43.4 Å². The molecule has 0 bridgehead atoms. The van der Waals surface area contributed by atoms with Gasteiger partial charge in [-0.25, -0.2) is 8.78 Å². The molecule has 0 radical (unpaired) electrons. The van der Waals surface area contributed by atoms with E-state index in [4.69, 9.17) is 9.47 Å². The van der Waals surface area contributed by atoms with E-state index in [1.54, 1.807) is 32.4 Å². The van der Waals surface area contributed by atoms with Gasteiger partial charge in [0.25, 0.3) is 5.92 Å². The average Bonchev–Trinajstić information content (AvgIpc) is 2.91. The Hall–Kier alpha value is -1.80. The van der Waals surface area contributed by atoms with E-state index < -0.39 is 30.8 Å². The standard InChI is InChI=1S/C15H21F2N3O3.ClH/c1-22-11-5-10(6-12(7-11)23-2)18-3-4-19-14(21)13-8-15(16,17)9-20-13;/h5-7,13,18,20H,3-4,8-9H2,1-2H3,(H,19,21);1H. The minimum absolute atomic E-state index is 0. The molecule has 6 nitrogen and oxygen atoms in total. The fourth-order valence-corrected chi connectivity index (χ4v) is 2.33. The van der Waals surface area contributed by atoms with Crippen LogP contribution < -0.4 is 25.4 Å². The smallest absolute Gasteiger partial charge is 0.262 e. The maximum Gasteiger partial charge on any atom is 0.262 e. The topological polar surface area (TPSA) is 71.6 Å². The van der Waals surface area contributed by atoms with Crippen molar-refractivity contribution in [2.75, 3.05) is 39.2 Å². The van der Waals surface area contributed by atoms with Crippen molar-refractivity contribution in [3.8, 4) is 11.5 Å². The van der Waals surface area contributed by atoms with Gasteiger partial charge in [-0.15, -0.1) is 12.4 Å². The zero-order chi connectivity index (χ0) is 16.9. The van der Waals surface area contributed by atoms with Crippen LogP contribution in [0.15, 0.2) is 18.2 Å². The molecular formula is C15H22ClF2N3O3. The number of hydrogen-bond acceptors (Lipinski definition) is 5. The Kier molecular flexibility index (Phi) is 7.50. The summed E-state index contributed by atoms with van der Waals surface area (Å²) in [7, 11) is 3.12. The molecule has 0 spiro atoms. The van der Waals surface area contributed by atoms with Crippen molar-refractivity contribution in [3.05, 3.63) is 18.2 Å². The van der Waals surface area contributed by atoms with Crippen molar-refractivity contribution in [3.63, 3.8) is 0 Å². The van der Waals surface area contributed by atoms with Gasteiger partial charge in [0.15, 0.2) is 0 Å². The normalized spacial score (nSPS) is 18.4. The van der Waals surface area contributed by atoms with E-state index in [9.17, 15) is 13.6 Å². The summed E-state index contributed by atoms with van der Waals surface area (Å²) in [6.45, 7) is 0.320. The van der Waals surface area contributed by atoms with Gasteiger partial charge in [-0.05, 0) is 0 Å². The molecule has 1 amide bonds. The number of carbonyl (C=O) groups excluding carboxylic acids is 1. The summed E-state index contributed by atoms with van der Waals surface area (Å²) in [6.07, 6.45) is -0.459. The highest BCUT2D eigenvalue weighted by Gasteiger charge is 2.42. The SMILES string of the molecule is COc1cc(NCCNC(=O)C2CC(F)(F)CN2)cc(OC)c1.Cl. The molecule has 2 rings (SSSR count). The molecule has 1 atom stereocenters. The number of rotatable bonds is 7. The minimum atomic E-state index is -2.81. The molecule has 9 heteroatoms. The van der Waals surface area contributed by atoms with Gasteiger partial charge in [0.05, 0.1) is 26.8 Å². The Morgan fingerprint density at radius 2 is 1.88 bits per heavy atom. The van der Waals surface area contributed by atoms with Crippen LogP contribution in [0.2, 0.25) is 0 Å². The summed E-state index contributed by atoms with van der Waals surface area (Å²) in [6, 6.07) is 4.51. The fourth-order valence-electron chi connectivity index (χ4n) is 2.33. The molecule has 1 unspecified atom stereocenters. The zero-order valence-electron chi connectivity index (χ0n) is 13.5. The molecule has 1 fully saturated rings. The van der Waals surface area contributed by atoms with Crippen molar-refractivity contribution in [1.82, 2.24) is 10.6 Å². The molecule has 0 aliphatic carbocycles. The van der Waals surface area contributed by atoms with Gasteiger partial charge in [-0.1, -0.05) is 0 Å². The Labute approximate surface area is 145 Å². The number of carbonyl (C=O) groups is 1. The summed E-state index contributed by atoms with van der Waals surface area (Å²) in [5.74, 6) is -1.93. The van der Waals surface area contributed by atoms with Crippen LogP contribution in [0.25, 0.3) is 0 Å². The van der Waals surface area contributed by atoms with Crippen LogP contribution in [-0.2, 0) is 4.79 Å². The second-order valence-electron chi connectivity index (χ2n) is 5.31. The third-order valence-corrected chi connectivity index (χ3v) is 3.53. The van der Waals surface area contributed by atoms with Crippen molar-refractivity contribution < 1.29 is 23.0 Å². The number of ether oxygens (including phenoxy) is 2. The Balaban J connectivity index is 0.00000288. The number of benzene rings is 1. The van der Waals surface area contributed by atoms with Crippen LogP contribution in [0, 0.1) is 0 Å². The molecule has 1 heterocycles. The molecule has 1 aliphatic heterocycles. The summed E-state index contributed by atoms with van der Waals surface area (Å²) < 4.78 is 36.4. The third kappa shape index (κ3) is 5.68. The van der Waals surface area contributed by atoms with E-state index >= 15 is 0 Å². The second kappa shape index (κ2) is 8.89. The van der Waals surface area contributed by atoms with Crippen LogP contribution in [0.5, 0.6) is 11.5 Å². The van der Waals surface area contributed by atoms with Crippen molar-refractivity contribution in [1.29, 1.82) is 0 Å². The second-order valence-corrected chi connectivity index (χ2v) is 5.31. The van der Waals surface area contributed by atoms with E-state index in [1.165, 1.54) is 0 Å². The van der Waals surface area contributed by atoms with Crippen LogP contribution in [-0.4, -0.2) is 51.7 Å². The lowest BCUT2D eigenvalue weighted by atomic mass is 10.2. The monoisotopic (exact) mass is 365 g/mol. The molecule has 1 aromatic rings. The number of nitrogens with one attached hydrogen (secondary N) is 3. The maximum absolute atomic E-state index is 13.0. The lowest BCUT2D eigenvalue weighted by Crippen LogP contribution is -2.42. The first-order chi connectivity index (χ1) is 10.9. The van der Waals surface area contributed by atoms with Crippen molar-refractivity contribution >= 4 is 24.0 Å². The molecule has 0 aromatic heterocycles. The Morgan fingerprint density at radius 1 is 1.25 bits per heavy atom. The first-order valence-electron chi connectivity index (χ1n) is 7.29. The molecule has 0 saturated carbocycles. The van der Waals surface area contributed by atoms with Crippen LogP contribution in [0.4, 0.5) is 14.5 Å². The first-order valence-corrected chi connectivity index (χ1v) is 7.29. The highest BCUT2D eigenvalue weighted by atomic mass is 35.5. The number of halogens is 3. The van der Waals surface area contributed by atoms with E-state index in [-0.39, 0.29) is 12.4 Å². The Morgan fingerprint density at radius 3 is 2.38 bits per heavy atom. The van der Waals surface area contributed by atoms with E-state index in [1.807, 2.05) is 0 Å². The van der Waals surface area contributed by atoms with Crippen LogP contribution >= 0.6 is 12.4 Å². The molecule has 1 aliphatic rings. The van der Waals surface area contributed by atoms with E-state index in [2.05, 4.69) is 16.0 Å². The fraction of sp³-hybridized carbons (Fsp3) is 0.533. The van der Waals surface area contributed by atoms with E-state index in [0.29, 0.717) is 24.6 Å². The number of methoxy groups -OCH3 is 2. The summed E-state index contributed by atoms with van der Waals surface area (Å²) in [5.41, 5.74) is 0.779. The minimum Gasteiger partial charge on any atom is -0.497 e. The van der Waals surface area contributed by atoms with Gasteiger partial charge in [0.2, 0.25) is 5.91 Å². The van der Waals surface area contributed by atoms with Gasteiger partial charge in [0.1, 0.15) is 11.5 Å². The number of amides is 1. The largest absolute Gasteiger partial charge is 0.497 e. The first kappa shape index (κ1) is 20.2. The summed E-state index contributed by atoms with van der Waals surface area (Å²) in [4.78, 5) is 11.8. The molecule has 1 aromatic carbocycles. The van der Waals surface area contributed by atoms with Crippen molar-refractivity contribution in [2.24, 2.45) is 0 Å². The third-order valence-electron chi connectivity index (χ3n) is 3.53. The highest BCUT2D eigenvalue weighted by molar-refractivity contribution is 5.85. The maximum atomic E-state index is 13.0. The molecule has 3 N–H and O–H groups in total. The van der Waals surface area contributed by atoms with Gasteiger partial charge in [-0.2, -0.15) is 0 Å². The molecule has 24 heavy (non-hydrogen) atoms. The zero-order valence-corrected chi connectivity index (χ0v) is 14.3. The van der Waals surface area contributed by atoms with Crippen molar-refractivity contribution in [2.45, 2.75) is 18.4 Å². The number of anilines is 1.